The van der Waals surface area contributed by atoms with Crippen molar-refractivity contribution in [1.29, 1.82) is 0 Å². The molecule has 3 aromatic heterocycles. The minimum Gasteiger partial charge on any atom is -0.383 e. The number of halogens is 3. The predicted molar refractivity (Wildman–Crippen MR) is 118 cm³/mol. The monoisotopic (exact) mass is 462 g/mol. The number of imidazole rings is 1. The fraction of sp³-hybridized carbons (Fsp3) is 0.238. The highest BCUT2D eigenvalue weighted by atomic mass is 32.1. The van der Waals surface area contributed by atoms with Crippen molar-refractivity contribution in [2.45, 2.75) is 32.9 Å². The number of hydrogen-bond donors (Lipinski definition) is 2. The van der Waals surface area contributed by atoms with Crippen LogP contribution in [0.2, 0.25) is 0 Å². The molecule has 0 aliphatic heterocycles. The molecule has 4 aromatic rings. The van der Waals surface area contributed by atoms with E-state index in [4.69, 9.17) is 5.73 Å². The summed E-state index contributed by atoms with van der Waals surface area (Å²) in [6.45, 7) is 1.88. The highest BCUT2D eigenvalue weighted by molar-refractivity contribution is 7.15. The first kappa shape index (κ1) is 23.2. The number of nitrogen functional groups attached to an aromatic ring is 1. The zero-order valence-electron chi connectivity index (χ0n) is 16.2. The number of nitrogens with one attached hydrogen (secondary N) is 1. The van der Waals surface area contributed by atoms with Gasteiger partial charge in [0.05, 0.1) is 29.2 Å². The van der Waals surface area contributed by atoms with Gasteiger partial charge in [-0.15, -0.1) is 11.3 Å². The van der Waals surface area contributed by atoms with Crippen molar-refractivity contribution in [3.8, 4) is 0 Å². The van der Waals surface area contributed by atoms with Crippen molar-refractivity contribution >= 4 is 39.3 Å². The molecule has 0 spiro atoms. The third-order valence-electron chi connectivity index (χ3n) is 4.63. The smallest absolute Gasteiger partial charge is 0.383 e. The van der Waals surface area contributed by atoms with Crippen molar-refractivity contribution in [2.75, 3.05) is 11.1 Å². The number of benzene rings is 1. The first-order valence-corrected chi connectivity index (χ1v) is 10.0. The zero-order valence-corrected chi connectivity index (χ0v) is 17.0. The number of Topliss-reactive ketones (excluding diaryl/α,β-unsaturated/α-hetero) is 1. The molecule has 3 heterocycles. The second-order valence-electron chi connectivity index (χ2n) is 6.98. The maximum Gasteiger partial charge on any atom is 0.416 e. The van der Waals surface area contributed by atoms with Gasteiger partial charge in [0.2, 0.25) is 0 Å². The van der Waals surface area contributed by atoms with Crippen molar-refractivity contribution in [1.82, 2.24) is 19.4 Å². The fourth-order valence-corrected chi connectivity index (χ4v) is 3.87. The number of nitrogens with two attached hydrogens (primary N) is 1. The summed E-state index contributed by atoms with van der Waals surface area (Å²) in [6.07, 6.45) is 1.96. The molecule has 1 atom stereocenters. The molecule has 0 radical (unpaired) electrons. The van der Waals surface area contributed by atoms with Crippen molar-refractivity contribution < 1.29 is 18.0 Å². The highest BCUT2D eigenvalue weighted by Gasteiger charge is 2.30. The topological polar surface area (TPSA) is 98.2 Å². The number of fused-ring (bicyclic) bond motifs is 1. The van der Waals surface area contributed by atoms with Crippen LogP contribution in [0.5, 0.6) is 0 Å². The summed E-state index contributed by atoms with van der Waals surface area (Å²) < 4.78 is 39.6. The molecule has 11 heteroatoms. The van der Waals surface area contributed by atoms with Crippen LogP contribution in [0.15, 0.2) is 49.1 Å². The molecule has 32 heavy (non-hydrogen) atoms. The number of alkyl halides is 3. The van der Waals surface area contributed by atoms with Crippen LogP contribution in [0.3, 0.4) is 0 Å². The third kappa shape index (κ3) is 4.88. The van der Waals surface area contributed by atoms with E-state index in [0.717, 1.165) is 17.1 Å². The van der Waals surface area contributed by atoms with E-state index in [-0.39, 0.29) is 31.2 Å². The Morgan fingerprint density at radius 3 is 2.56 bits per heavy atom. The fourth-order valence-electron chi connectivity index (χ4n) is 2.98. The number of anilines is 3. The Hall–Kier alpha value is -3.47. The Bertz CT molecular complexity index is 1230. The van der Waals surface area contributed by atoms with Crippen LogP contribution in [-0.2, 0) is 6.18 Å². The van der Waals surface area contributed by atoms with Gasteiger partial charge in [-0.1, -0.05) is 14.4 Å². The van der Waals surface area contributed by atoms with Gasteiger partial charge in [-0.25, -0.2) is 15.0 Å². The summed E-state index contributed by atoms with van der Waals surface area (Å²) in [5.41, 5.74) is 6.47. The van der Waals surface area contributed by atoms with E-state index in [9.17, 15) is 18.0 Å². The molecule has 7 nitrogen and oxygen atoms in total. The average molecular weight is 463 g/mol. The molecular formula is C21H21F3N6OS. The molecule has 0 aliphatic carbocycles. The second kappa shape index (κ2) is 8.95. The van der Waals surface area contributed by atoms with Crippen molar-refractivity contribution in [3.05, 3.63) is 65.3 Å². The normalized spacial score (nSPS) is 12.4. The van der Waals surface area contributed by atoms with Crippen LogP contribution in [0.4, 0.5) is 29.7 Å². The molecule has 1 unspecified atom stereocenters. The summed E-state index contributed by atoms with van der Waals surface area (Å²) in [6, 6.07) is 4.75. The first-order chi connectivity index (χ1) is 14.7. The Morgan fingerprint density at radius 2 is 1.88 bits per heavy atom. The molecule has 0 bridgehead atoms. The van der Waals surface area contributed by atoms with Gasteiger partial charge in [0, 0.05) is 24.2 Å². The van der Waals surface area contributed by atoms with E-state index in [1.807, 2.05) is 6.92 Å². The van der Waals surface area contributed by atoms with E-state index >= 15 is 0 Å². The molecule has 0 fully saturated rings. The molecule has 3 N–H and O–H groups in total. The van der Waals surface area contributed by atoms with Crippen molar-refractivity contribution in [3.63, 3.8) is 0 Å². The quantitative estimate of drug-likeness (QED) is 0.365. The number of thiazole rings is 1. The maximum atomic E-state index is 12.7. The van der Waals surface area contributed by atoms with Crippen LogP contribution >= 0.6 is 11.3 Å². The molecular weight excluding hydrogens is 441 g/mol. The van der Waals surface area contributed by atoms with Gasteiger partial charge in [0.15, 0.2) is 11.4 Å². The van der Waals surface area contributed by atoms with Gasteiger partial charge in [-0.2, -0.15) is 13.2 Å². The second-order valence-corrected chi connectivity index (χ2v) is 8.04. The lowest BCUT2D eigenvalue weighted by atomic mass is 10.0. The molecule has 4 rings (SSSR count). The number of ketones is 1. The van der Waals surface area contributed by atoms with Crippen LogP contribution in [0.25, 0.3) is 5.65 Å². The Morgan fingerprint density at radius 1 is 1.16 bits per heavy atom. The zero-order chi connectivity index (χ0) is 22.2. The molecule has 0 amide bonds. The lowest BCUT2D eigenvalue weighted by molar-refractivity contribution is -0.137. The first-order valence-electron chi connectivity index (χ1n) is 9.22. The van der Waals surface area contributed by atoms with Crippen LogP contribution in [0, 0.1) is 0 Å². The van der Waals surface area contributed by atoms with E-state index in [0.29, 0.717) is 22.2 Å². The Balaban J connectivity index is 0.00000289. The summed E-state index contributed by atoms with van der Waals surface area (Å²) in [7, 11) is 0. The van der Waals surface area contributed by atoms with Gasteiger partial charge < -0.3 is 11.1 Å². The SMILES string of the molecule is C.CC(CC(=O)c1cn2c(N)cnc2cn1)c1ncc(Nc2ccc(C(F)(F)F)cc2)s1. The van der Waals surface area contributed by atoms with Crippen molar-refractivity contribution in [2.24, 2.45) is 0 Å². The predicted octanol–water partition coefficient (Wildman–Crippen LogP) is 5.54. The summed E-state index contributed by atoms with van der Waals surface area (Å²) >= 11 is 1.34. The van der Waals surface area contributed by atoms with Crippen LogP contribution in [-0.4, -0.2) is 25.1 Å². The standard InChI is InChI=1S/C20H17F3N6OS.CH4/c1-11(6-15(30)14-10-29-16(24)7-26-17(29)8-25-14)19-27-9-18(31-19)28-13-4-2-12(3-5-13)20(21,22)23;/h2-5,7-11,28H,6,24H2,1H3;1H4. The van der Waals surface area contributed by atoms with Crippen LogP contribution < -0.4 is 11.1 Å². The third-order valence-corrected chi connectivity index (χ3v) is 5.77. The Kier molecular flexibility index (Phi) is 6.49. The summed E-state index contributed by atoms with van der Waals surface area (Å²) in [5.74, 6) is 0.0895. The number of carbonyl (C=O) groups is 1. The maximum absolute atomic E-state index is 12.7. The van der Waals surface area contributed by atoms with E-state index in [2.05, 4.69) is 20.3 Å². The largest absolute Gasteiger partial charge is 0.416 e. The van der Waals surface area contributed by atoms with Gasteiger partial charge in [-0.05, 0) is 24.3 Å². The lowest BCUT2D eigenvalue weighted by Gasteiger charge is -2.08. The number of nitrogens with zero attached hydrogens (tertiary/aromatic N) is 4. The van der Waals surface area contributed by atoms with Gasteiger partial charge in [0.25, 0.3) is 0 Å². The average Bonchev–Trinajstić information content (AvgIpc) is 3.34. The number of rotatable bonds is 6. The van der Waals surface area contributed by atoms with E-state index in [1.165, 1.54) is 35.9 Å². The van der Waals surface area contributed by atoms with E-state index < -0.39 is 11.7 Å². The van der Waals surface area contributed by atoms with E-state index in [1.54, 1.807) is 16.8 Å². The number of aromatic nitrogens is 4. The molecule has 0 saturated heterocycles. The molecule has 1 aromatic carbocycles. The molecule has 168 valence electrons. The highest BCUT2D eigenvalue weighted by Crippen LogP contribution is 2.33. The van der Waals surface area contributed by atoms with Gasteiger partial charge in [0.1, 0.15) is 16.5 Å². The lowest BCUT2D eigenvalue weighted by Crippen LogP contribution is -2.08. The minimum absolute atomic E-state index is 0. The number of carbonyl (C=O) groups excluding carboxylic acids is 1. The van der Waals surface area contributed by atoms with Gasteiger partial charge in [-0.3, -0.25) is 9.20 Å². The minimum atomic E-state index is -4.37. The Labute approximate surface area is 186 Å². The summed E-state index contributed by atoms with van der Waals surface area (Å²) in [4.78, 5) is 25.2. The summed E-state index contributed by atoms with van der Waals surface area (Å²) in [5, 5.41) is 4.43. The van der Waals surface area contributed by atoms with Crippen LogP contribution in [0.1, 0.15) is 47.7 Å². The van der Waals surface area contributed by atoms with Gasteiger partial charge >= 0.3 is 6.18 Å². The molecule has 0 aliphatic rings. The number of hydrogen-bond acceptors (Lipinski definition) is 7. The molecule has 0 saturated carbocycles.